The average Bonchev–Trinajstić information content (AvgIpc) is 2.36. The molecule has 2 atom stereocenters. The lowest BCUT2D eigenvalue weighted by Crippen LogP contribution is -2.20. The van der Waals surface area contributed by atoms with E-state index in [0.717, 1.165) is 0 Å². The summed E-state index contributed by atoms with van der Waals surface area (Å²) < 4.78 is 4.55. The Morgan fingerprint density at radius 1 is 1.44 bits per heavy atom. The Hall–Kier alpha value is -1.86. The molecule has 4 heteroatoms. The molecule has 0 aliphatic heterocycles. The highest BCUT2D eigenvalue weighted by Gasteiger charge is 2.23. The number of methoxy groups -OCH3 is 1. The van der Waals surface area contributed by atoms with Crippen LogP contribution < -0.4 is 0 Å². The van der Waals surface area contributed by atoms with Gasteiger partial charge in [0, 0.05) is 0 Å². The third-order valence-electron chi connectivity index (χ3n) is 2.43. The van der Waals surface area contributed by atoms with Gasteiger partial charge in [0.05, 0.1) is 30.8 Å². The Kier molecular flexibility index (Phi) is 4.03. The Morgan fingerprint density at radius 3 is 2.44 bits per heavy atom. The number of rotatable bonds is 3. The first-order valence-corrected chi connectivity index (χ1v) is 4.86. The van der Waals surface area contributed by atoms with Gasteiger partial charge < -0.3 is 9.84 Å². The van der Waals surface area contributed by atoms with Crippen LogP contribution in [0.4, 0.5) is 0 Å². The standard InChI is InChI=1S/C12H13NO3/c1-8(12(15)16-2)11(14)10-5-3-9(7-13)4-6-10/h3-6,8,11,14H,1-2H3/t8-,11-/m1/s1. The van der Waals surface area contributed by atoms with E-state index in [0.29, 0.717) is 11.1 Å². The maximum absolute atomic E-state index is 11.2. The van der Waals surface area contributed by atoms with Crippen molar-refractivity contribution in [3.05, 3.63) is 35.4 Å². The molecule has 4 nitrogen and oxygen atoms in total. The van der Waals surface area contributed by atoms with Crippen LogP contribution in [0.15, 0.2) is 24.3 Å². The number of hydrogen-bond acceptors (Lipinski definition) is 4. The van der Waals surface area contributed by atoms with Gasteiger partial charge in [-0.15, -0.1) is 0 Å². The van der Waals surface area contributed by atoms with Crippen LogP contribution in [0.25, 0.3) is 0 Å². The minimum Gasteiger partial charge on any atom is -0.469 e. The summed E-state index contributed by atoms with van der Waals surface area (Å²) in [6.07, 6.45) is -0.916. The summed E-state index contributed by atoms with van der Waals surface area (Å²) in [5.74, 6) is -1.09. The topological polar surface area (TPSA) is 70.3 Å². The van der Waals surface area contributed by atoms with E-state index in [4.69, 9.17) is 5.26 Å². The first-order valence-electron chi connectivity index (χ1n) is 4.86. The molecule has 1 rings (SSSR count). The van der Waals surface area contributed by atoms with E-state index in [1.807, 2.05) is 6.07 Å². The predicted octanol–water partition coefficient (Wildman–Crippen LogP) is 1.40. The number of carbonyl (C=O) groups excluding carboxylic acids is 1. The van der Waals surface area contributed by atoms with Crippen LogP contribution in [0.1, 0.15) is 24.2 Å². The first kappa shape index (κ1) is 12.2. The second-order valence-corrected chi connectivity index (χ2v) is 3.49. The molecule has 0 unspecified atom stereocenters. The molecule has 0 aliphatic carbocycles. The van der Waals surface area contributed by atoms with Crippen LogP contribution in [0.2, 0.25) is 0 Å². The molecule has 0 heterocycles. The van der Waals surface area contributed by atoms with Crippen molar-refractivity contribution in [1.29, 1.82) is 5.26 Å². The molecule has 0 saturated carbocycles. The number of nitrogens with zero attached hydrogens (tertiary/aromatic N) is 1. The molecule has 0 aliphatic rings. The lowest BCUT2D eigenvalue weighted by molar-refractivity contribution is -0.148. The fraction of sp³-hybridized carbons (Fsp3) is 0.333. The van der Waals surface area contributed by atoms with Crippen molar-refractivity contribution in [3.8, 4) is 6.07 Å². The Balaban J connectivity index is 2.84. The van der Waals surface area contributed by atoms with Crippen molar-refractivity contribution in [2.45, 2.75) is 13.0 Å². The van der Waals surface area contributed by atoms with Gasteiger partial charge in [-0.25, -0.2) is 0 Å². The highest BCUT2D eigenvalue weighted by Crippen LogP contribution is 2.22. The maximum Gasteiger partial charge on any atom is 0.311 e. The molecule has 0 saturated heterocycles. The summed E-state index contributed by atoms with van der Waals surface area (Å²) in [4.78, 5) is 11.2. The van der Waals surface area contributed by atoms with Crippen molar-refractivity contribution in [1.82, 2.24) is 0 Å². The monoisotopic (exact) mass is 219 g/mol. The largest absolute Gasteiger partial charge is 0.469 e. The van der Waals surface area contributed by atoms with E-state index < -0.39 is 18.0 Å². The SMILES string of the molecule is COC(=O)[C@H](C)[C@@H](O)c1ccc(C#N)cc1. The highest BCUT2D eigenvalue weighted by molar-refractivity contribution is 5.72. The van der Waals surface area contributed by atoms with Gasteiger partial charge in [-0.1, -0.05) is 12.1 Å². The van der Waals surface area contributed by atoms with Crippen LogP contribution in [0.5, 0.6) is 0 Å². The third-order valence-corrected chi connectivity index (χ3v) is 2.43. The van der Waals surface area contributed by atoms with Crippen molar-refractivity contribution in [3.63, 3.8) is 0 Å². The fourth-order valence-electron chi connectivity index (χ4n) is 1.36. The Bertz CT molecular complexity index is 405. The molecule has 0 aromatic heterocycles. The number of benzene rings is 1. The zero-order valence-electron chi connectivity index (χ0n) is 9.18. The van der Waals surface area contributed by atoms with Crippen molar-refractivity contribution in [2.24, 2.45) is 5.92 Å². The molecule has 0 bridgehead atoms. The van der Waals surface area contributed by atoms with Gasteiger partial charge in [0.2, 0.25) is 0 Å². The van der Waals surface area contributed by atoms with Crippen LogP contribution in [-0.4, -0.2) is 18.2 Å². The van der Waals surface area contributed by atoms with Gasteiger partial charge in [0.1, 0.15) is 0 Å². The second kappa shape index (κ2) is 5.29. The minimum absolute atomic E-state index is 0.461. The average molecular weight is 219 g/mol. The van der Waals surface area contributed by atoms with Crippen molar-refractivity contribution >= 4 is 5.97 Å². The van der Waals surface area contributed by atoms with Crippen LogP contribution in [-0.2, 0) is 9.53 Å². The number of nitriles is 1. The van der Waals surface area contributed by atoms with E-state index in [9.17, 15) is 9.90 Å². The summed E-state index contributed by atoms with van der Waals surface area (Å²) in [6.45, 7) is 1.59. The second-order valence-electron chi connectivity index (χ2n) is 3.49. The third kappa shape index (κ3) is 2.59. The molecule has 0 spiro atoms. The van der Waals surface area contributed by atoms with Gasteiger partial charge in [0.25, 0.3) is 0 Å². The van der Waals surface area contributed by atoms with Crippen molar-refractivity contribution in [2.75, 3.05) is 7.11 Å². The van der Waals surface area contributed by atoms with E-state index in [-0.39, 0.29) is 0 Å². The number of ether oxygens (including phenoxy) is 1. The van der Waals surface area contributed by atoms with E-state index in [1.165, 1.54) is 7.11 Å². The van der Waals surface area contributed by atoms with Gasteiger partial charge in [-0.2, -0.15) is 5.26 Å². The normalized spacial score (nSPS) is 13.6. The van der Waals surface area contributed by atoms with Gasteiger partial charge >= 0.3 is 5.97 Å². The van der Waals surface area contributed by atoms with Crippen LogP contribution in [0.3, 0.4) is 0 Å². The number of esters is 1. The molecule has 1 aromatic carbocycles. The summed E-state index contributed by atoms with van der Waals surface area (Å²) in [5, 5.41) is 18.5. The Morgan fingerprint density at radius 2 is 2.00 bits per heavy atom. The molecule has 84 valence electrons. The Labute approximate surface area is 94.1 Å². The molecule has 0 radical (unpaired) electrons. The highest BCUT2D eigenvalue weighted by atomic mass is 16.5. The lowest BCUT2D eigenvalue weighted by atomic mass is 9.97. The minimum atomic E-state index is -0.916. The van der Waals surface area contributed by atoms with Gasteiger partial charge in [-0.3, -0.25) is 4.79 Å². The molecular weight excluding hydrogens is 206 g/mol. The summed E-state index contributed by atoms with van der Waals surface area (Å²) in [6, 6.07) is 8.44. The van der Waals surface area contributed by atoms with Gasteiger partial charge in [-0.05, 0) is 24.6 Å². The van der Waals surface area contributed by atoms with Crippen LogP contribution >= 0.6 is 0 Å². The van der Waals surface area contributed by atoms with Crippen molar-refractivity contribution < 1.29 is 14.6 Å². The lowest BCUT2D eigenvalue weighted by Gasteiger charge is -2.16. The predicted molar refractivity (Wildman–Crippen MR) is 57.3 cm³/mol. The smallest absolute Gasteiger partial charge is 0.311 e. The molecule has 1 aromatic rings. The number of aliphatic hydroxyl groups excluding tert-OH is 1. The first-order chi connectivity index (χ1) is 7.60. The van der Waals surface area contributed by atoms with E-state index >= 15 is 0 Å². The quantitative estimate of drug-likeness (QED) is 0.780. The maximum atomic E-state index is 11.2. The molecule has 0 fully saturated rings. The van der Waals surface area contributed by atoms with E-state index in [1.54, 1.807) is 31.2 Å². The zero-order valence-corrected chi connectivity index (χ0v) is 9.18. The van der Waals surface area contributed by atoms with E-state index in [2.05, 4.69) is 4.74 Å². The summed E-state index contributed by atoms with van der Waals surface area (Å²) >= 11 is 0. The fourth-order valence-corrected chi connectivity index (χ4v) is 1.36. The number of carbonyl (C=O) groups is 1. The van der Waals surface area contributed by atoms with Crippen LogP contribution in [0, 0.1) is 17.2 Å². The molecule has 16 heavy (non-hydrogen) atoms. The summed E-state index contributed by atoms with van der Waals surface area (Å²) in [7, 11) is 1.28. The molecule has 1 N–H and O–H groups in total. The molecular formula is C12H13NO3. The zero-order chi connectivity index (χ0) is 12.1. The number of hydrogen-bond donors (Lipinski definition) is 1. The molecule has 0 amide bonds. The summed E-state index contributed by atoms with van der Waals surface area (Å²) in [5.41, 5.74) is 1.11. The number of aliphatic hydroxyl groups is 1. The van der Waals surface area contributed by atoms with Gasteiger partial charge in [0.15, 0.2) is 0 Å².